The van der Waals surface area contributed by atoms with Crippen LogP contribution in [0.5, 0.6) is 5.75 Å². The Bertz CT molecular complexity index is 778. The Morgan fingerprint density at radius 3 is 2.30 bits per heavy atom. The zero-order valence-corrected chi connectivity index (χ0v) is 14.6. The van der Waals surface area contributed by atoms with Gasteiger partial charge in [0.25, 0.3) is 5.92 Å². The minimum Gasteiger partial charge on any atom is -0.379 e. The number of nitrogens with zero attached hydrogens (tertiary/aromatic N) is 1. The molecule has 0 spiro atoms. The Hall–Kier alpha value is -1.54. The van der Waals surface area contributed by atoms with E-state index in [9.17, 15) is 17.2 Å². The van der Waals surface area contributed by atoms with Crippen molar-refractivity contribution in [2.75, 3.05) is 5.75 Å². The summed E-state index contributed by atoms with van der Waals surface area (Å²) in [5.41, 5.74) is 1.73. The molecule has 4 nitrogen and oxygen atoms in total. The first-order valence-corrected chi connectivity index (χ1v) is 9.42. The highest BCUT2D eigenvalue weighted by molar-refractivity contribution is 7.87. The lowest BCUT2D eigenvalue weighted by molar-refractivity contribution is 0.0202. The van der Waals surface area contributed by atoms with Gasteiger partial charge in [-0.15, -0.1) is 0 Å². The van der Waals surface area contributed by atoms with Crippen LogP contribution in [0.3, 0.4) is 0 Å². The van der Waals surface area contributed by atoms with Gasteiger partial charge in [-0.2, -0.15) is 12.8 Å². The molecule has 0 amide bonds. The van der Waals surface area contributed by atoms with Crippen LogP contribution in [0.2, 0.25) is 0 Å². The summed E-state index contributed by atoms with van der Waals surface area (Å²) in [7, 11) is -3.94. The van der Waals surface area contributed by atoms with Crippen LogP contribution in [-0.4, -0.2) is 18.5 Å². The van der Waals surface area contributed by atoms with E-state index in [0.29, 0.717) is 24.0 Å². The summed E-state index contributed by atoms with van der Waals surface area (Å²) in [6.45, 7) is 4.07. The molecule has 0 unspecified atom stereocenters. The van der Waals surface area contributed by atoms with E-state index < -0.39 is 20.9 Å². The van der Waals surface area contributed by atoms with Crippen LogP contribution in [0, 0.1) is 0 Å². The summed E-state index contributed by atoms with van der Waals surface area (Å²) in [6.07, 6.45) is 0.837. The molecule has 0 bridgehead atoms. The first-order valence-electron chi connectivity index (χ1n) is 7.07. The third kappa shape index (κ3) is 4.06. The van der Waals surface area contributed by atoms with Gasteiger partial charge in [0.1, 0.15) is 10.6 Å². The maximum absolute atomic E-state index is 13.7. The molecule has 0 aliphatic heterocycles. The van der Waals surface area contributed by atoms with E-state index in [2.05, 4.69) is 4.37 Å². The first kappa shape index (κ1) is 17.8. The summed E-state index contributed by atoms with van der Waals surface area (Å²) in [4.78, 5) is -0.496. The van der Waals surface area contributed by atoms with Crippen LogP contribution in [0.4, 0.5) is 8.78 Å². The second kappa shape index (κ2) is 6.52. The van der Waals surface area contributed by atoms with E-state index in [0.717, 1.165) is 12.0 Å². The third-order valence-electron chi connectivity index (χ3n) is 3.25. The quantitative estimate of drug-likeness (QED) is 0.723. The van der Waals surface area contributed by atoms with E-state index in [1.54, 1.807) is 12.1 Å². The zero-order valence-electron chi connectivity index (χ0n) is 13.0. The number of benzene rings is 1. The molecule has 23 heavy (non-hydrogen) atoms. The number of hydrogen-bond donors (Lipinski definition) is 0. The molecule has 1 heterocycles. The summed E-state index contributed by atoms with van der Waals surface area (Å²) < 4.78 is 59.9. The molecule has 126 valence electrons. The Labute approximate surface area is 138 Å². The fraction of sp³-hybridized carbons (Fsp3) is 0.400. The highest BCUT2D eigenvalue weighted by Crippen LogP contribution is 2.44. The largest absolute Gasteiger partial charge is 0.379 e. The smallest absolute Gasteiger partial charge is 0.309 e. The van der Waals surface area contributed by atoms with Gasteiger partial charge in [0, 0.05) is 12.5 Å². The number of alkyl halides is 2. The van der Waals surface area contributed by atoms with Crippen molar-refractivity contribution in [1.82, 2.24) is 4.37 Å². The second-order valence-corrected chi connectivity index (χ2v) is 7.69. The Morgan fingerprint density at radius 2 is 1.83 bits per heavy atom. The highest BCUT2D eigenvalue weighted by Gasteiger charge is 2.35. The van der Waals surface area contributed by atoms with Crippen molar-refractivity contribution < 1.29 is 21.4 Å². The lowest BCUT2D eigenvalue weighted by Gasteiger charge is -2.12. The van der Waals surface area contributed by atoms with Crippen LogP contribution in [0.25, 0.3) is 11.3 Å². The first-order chi connectivity index (χ1) is 10.7. The summed E-state index contributed by atoms with van der Waals surface area (Å²) in [6, 6.07) is 7.13. The van der Waals surface area contributed by atoms with Crippen molar-refractivity contribution >= 4 is 21.7 Å². The summed E-state index contributed by atoms with van der Waals surface area (Å²) >= 11 is 0.550. The van der Waals surface area contributed by atoms with Crippen LogP contribution in [0.15, 0.2) is 24.3 Å². The van der Waals surface area contributed by atoms with E-state index >= 15 is 0 Å². The lowest BCUT2D eigenvalue weighted by atomic mass is 10.1. The van der Waals surface area contributed by atoms with Crippen molar-refractivity contribution in [2.24, 2.45) is 0 Å². The van der Waals surface area contributed by atoms with Crippen molar-refractivity contribution in [3.8, 4) is 17.0 Å². The lowest BCUT2D eigenvalue weighted by Crippen LogP contribution is -2.15. The molecule has 0 saturated carbocycles. The Morgan fingerprint density at radius 1 is 1.22 bits per heavy atom. The minimum atomic E-state index is -3.94. The number of halogens is 2. The van der Waals surface area contributed by atoms with E-state index in [-0.39, 0.29) is 17.2 Å². The molecule has 1 aromatic heterocycles. The SMILES string of the molecule is CCc1ccc(-c2nsc(C(C)(F)F)c2OS(=O)(=O)CC)cc1. The van der Waals surface area contributed by atoms with Crippen LogP contribution < -0.4 is 4.18 Å². The molecule has 1 aromatic carbocycles. The molecule has 2 rings (SSSR count). The van der Waals surface area contributed by atoms with E-state index in [1.807, 2.05) is 19.1 Å². The molecule has 0 aliphatic rings. The predicted molar refractivity (Wildman–Crippen MR) is 86.6 cm³/mol. The molecule has 0 N–H and O–H groups in total. The molecule has 0 atom stereocenters. The minimum absolute atomic E-state index is 0.117. The molecule has 2 aromatic rings. The standard InChI is InChI=1S/C15H17F2NO3S2/c1-4-10-6-8-11(9-7-10)12-13(21-23(19,20)5-2)14(22-18-12)15(3,16)17/h6-9H,4-5H2,1-3H3. The third-order valence-corrected chi connectivity index (χ3v) is 5.38. The predicted octanol–water partition coefficient (Wildman–Crippen LogP) is 4.21. The number of rotatable bonds is 6. The van der Waals surface area contributed by atoms with Crippen molar-refractivity contribution in [3.05, 3.63) is 34.7 Å². The summed E-state index contributed by atoms with van der Waals surface area (Å²) in [5.74, 6) is -3.93. The average Bonchev–Trinajstić information content (AvgIpc) is 2.90. The normalized spacial score (nSPS) is 12.4. The molecular formula is C15H17F2NO3S2. The molecule has 0 aliphatic carbocycles. The average molecular weight is 361 g/mol. The van der Waals surface area contributed by atoms with Gasteiger partial charge in [-0.1, -0.05) is 31.2 Å². The van der Waals surface area contributed by atoms with Gasteiger partial charge in [-0.25, -0.2) is 8.78 Å². The van der Waals surface area contributed by atoms with Crippen molar-refractivity contribution in [2.45, 2.75) is 33.1 Å². The highest BCUT2D eigenvalue weighted by atomic mass is 32.2. The van der Waals surface area contributed by atoms with E-state index in [4.69, 9.17) is 4.18 Å². The van der Waals surface area contributed by atoms with Gasteiger partial charge in [-0.05, 0) is 30.4 Å². The van der Waals surface area contributed by atoms with Crippen molar-refractivity contribution in [3.63, 3.8) is 0 Å². The summed E-state index contributed by atoms with van der Waals surface area (Å²) in [5, 5.41) is 0. The number of hydrogen-bond acceptors (Lipinski definition) is 5. The van der Waals surface area contributed by atoms with Gasteiger partial charge in [0.05, 0.1) is 5.75 Å². The maximum Gasteiger partial charge on any atom is 0.309 e. The topological polar surface area (TPSA) is 56.3 Å². The fourth-order valence-corrected chi connectivity index (χ4v) is 3.25. The molecule has 0 radical (unpaired) electrons. The van der Waals surface area contributed by atoms with Crippen LogP contribution >= 0.6 is 11.5 Å². The van der Waals surface area contributed by atoms with Gasteiger partial charge in [-0.3, -0.25) is 0 Å². The molecular weight excluding hydrogens is 344 g/mol. The Kier molecular flexibility index (Phi) is 5.05. The Balaban J connectivity index is 2.57. The number of aryl methyl sites for hydroxylation is 1. The van der Waals surface area contributed by atoms with Crippen molar-refractivity contribution in [1.29, 1.82) is 0 Å². The molecule has 8 heteroatoms. The monoisotopic (exact) mass is 361 g/mol. The number of aromatic nitrogens is 1. The maximum atomic E-state index is 13.7. The van der Waals surface area contributed by atoms with Gasteiger partial charge >= 0.3 is 10.1 Å². The zero-order chi connectivity index (χ0) is 17.3. The van der Waals surface area contributed by atoms with Gasteiger partial charge in [0.2, 0.25) is 0 Å². The van der Waals surface area contributed by atoms with Crippen LogP contribution in [-0.2, 0) is 22.5 Å². The van der Waals surface area contributed by atoms with Gasteiger partial charge in [0.15, 0.2) is 5.75 Å². The van der Waals surface area contributed by atoms with Crippen LogP contribution in [0.1, 0.15) is 31.2 Å². The fourth-order valence-electron chi connectivity index (χ4n) is 1.91. The molecule has 0 fully saturated rings. The van der Waals surface area contributed by atoms with Gasteiger partial charge < -0.3 is 4.18 Å². The molecule has 0 saturated heterocycles. The second-order valence-electron chi connectivity index (χ2n) is 5.06. The van der Waals surface area contributed by atoms with E-state index in [1.165, 1.54) is 6.92 Å².